The molecule has 1 saturated heterocycles. The third-order valence-corrected chi connectivity index (χ3v) is 4.84. The number of carbonyl (C=O) groups is 2. The number of ether oxygens (including phenoxy) is 2. The van der Waals surface area contributed by atoms with E-state index in [2.05, 4.69) is 10.4 Å². The maximum Gasteiger partial charge on any atom is 0.416 e. The van der Waals surface area contributed by atoms with Crippen molar-refractivity contribution in [3.63, 3.8) is 0 Å². The molecule has 3 heterocycles. The molecule has 0 aliphatic carbocycles. The lowest BCUT2D eigenvalue weighted by atomic mass is 10.1. The van der Waals surface area contributed by atoms with Crippen LogP contribution >= 0.6 is 0 Å². The summed E-state index contributed by atoms with van der Waals surface area (Å²) < 4.78 is 38.7. The molecule has 0 radical (unpaired) electrons. The van der Waals surface area contributed by atoms with Crippen LogP contribution in [-0.4, -0.2) is 53.5 Å². The minimum atomic E-state index is -2.75. The van der Waals surface area contributed by atoms with Crippen LogP contribution in [0, 0.1) is 0 Å². The quantitative estimate of drug-likeness (QED) is 0.782. The van der Waals surface area contributed by atoms with Crippen LogP contribution < -0.4 is 20.7 Å². The Morgan fingerprint density at radius 2 is 2.14 bits per heavy atom. The summed E-state index contributed by atoms with van der Waals surface area (Å²) in [7, 11) is 0. The van der Waals surface area contributed by atoms with E-state index in [4.69, 9.17) is 15.2 Å². The van der Waals surface area contributed by atoms with Gasteiger partial charge in [-0.15, -0.1) is 0 Å². The Morgan fingerprint density at radius 3 is 2.86 bits per heavy atom. The fraction of sp³-hybridized carbons (Fsp3) is 0.389. The maximum absolute atomic E-state index is 13.3. The van der Waals surface area contributed by atoms with Crippen molar-refractivity contribution in [1.29, 1.82) is 0 Å². The van der Waals surface area contributed by atoms with E-state index in [0.717, 1.165) is 4.90 Å². The number of hydrogen-bond acceptors (Lipinski definition) is 6. The van der Waals surface area contributed by atoms with Gasteiger partial charge in [-0.25, -0.2) is 18.5 Å². The second-order valence-corrected chi connectivity index (χ2v) is 6.79. The van der Waals surface area contributed by atoms with E-state index in [0.29, 0.717) is 35.8 Å². The van der Waals surface area contributed by atoms with Crippen molar-refractivity contribution < 1.29 is 27.8 Å². The van der Waals surface area contributed by atoms with Crippen LogP contribution in [0.5, 0.6) is 5.75 Å². The molecule has 4 rings (SSSR count). The largest absolute Gasteiger partial charge is 0.491 e. The molecule has 11 heteroatoms. The van der Waals surface area contributed by atoms with Crippen molar-refractivity contribution in [2.24, 2.45) is 5.73 Å². The third kappa shape index (κ3) is 3.43. The molecule has 1 aromatic carbocycles. The number of anilines is 2. The molecular weight excluding hydrogens is 388 g/mol. The summed E-state index contributed by atoms with van der Waals surface area (Å²) in [5, 5.41) is 7.30. The molecule has 2 atom stereocenters. The third-order valence-electron chi connectivity index (χ3n) is 4.84. The van der Waals surface area contributed by atoms with Crippen molar-refractivity contribution in [1.82, 2.24) is 9.78 Å². The summed E-state index contributed by atoms with van der Waals surface area (Å²) in [6.07, 6.45) is -3.60. The number of cyclic esters (lactones) is 1. The van der Waals surface area contributed by atoms with Crippen LogP contribution in [0.25, 0.3) is 11.3 Å². The van der Waals surface area contributed by atoms with Gasteiger partial charge in [0, 0.05) is 23.4 Å². The highest BCUT2D eigenvalue weighted by molar-refractivity contribution is 5.90. The zero-order valence-corrected chi connectivity index (χ0v) is 15.5. The second-order valence-electron chi connectivity index (χ2n) is 6.79. The summed E-state index contributed by atoms with van der Waals surface area (Å²) in [4.78, 5) is 24.1. The van der Waals surface area contributed by atoms with Crippen LogP contribution in [0.2, 0.25) is 0 Å². The standard InChI is InChI=1S/C18H19F2N5O4/c1-9(17(21)26)22-10-2-3-11-12-7-15(23-24(12)4-5-28-14(11)6-10)25-13(16(19)20)8-29-18(25)27/h2-3,6-7,9,13,16,22H,4-5,8H2,1H3,(H2,21,26)/t9-,13-/m0/s1. The number of nitrogens with zero attached hydrogens (tertiary/aromatic N) is 3. The van der Waals surface area contributed by atoms with Gasteiger partial charge >= 0.3 is 6.09 Å². The average Bonchev–Trinajstić information content (AvgIpc) is 3.21. The highest BCUT2D eigenvalue weighted by atomic mass is 19.3. The molecule has 0 saturated carbocycles. The van der Waals surface area contributed by atoms with Gasteiger partial charge in [-0.2, -0.15) is 5.10 Å². The molecule has 2 amide bonds. The molecule has 1 fully saturated rings. The lowest BCUT2D eigenvalue weighted by Crippen LogP contribution is -2.39. The lowest BCUT2D eigenvalue weighted by Gasteiger charge is -2.17. The Kier molecular flexibility index (Phi) is 4.73. The van der Waals surface area contributed by atoms with Gasteiger partial charge in [-0.1, -0.05) is 0 Å². The van der Waals surface area contributed by atoms with Crippen LogP contribution in [-0.2, 0) is 16.1 Å². The van der Waals surface area contributed by atoms with Crippen LogP contribution in [0.15, 0.2) is 24.3 Å². The first kappa shape index (κ1) is 19.0. The normalized spacial score (nSPS) is 19.1. The molecule has 2 aromatic rings. The van der Waals surface area contributed by atoms with Gasteiger partial charge in [0.15, 0.2) is 5.82 Å². The van der Waals surface area contributed by atoms with E-state index < -0.39 is 30.5 Å². The zero-order valence-electron chi connectivity index (χ0n) is 15.5. The van der Waals surface area contributed by atoms with E-state index in [1.165, 1.54) is 0 Å². The average molecular weight is 407 g/mol. The number of fused-ring (bicyclic) bond motifs is 3. The van der Waals surface area contributed by atoms with Crippen molar-refractivity contribution in [3.8, 4) is 17.0 Å². The number of primary amides is 1. The number of halogens is 2. The first-order chi connectivity index (χ1) is 13.8. The van der Waals surface area contributed by atoms with Gasteiger partial charge in [0.2, 0.25) is 5.91 Å². The second kappa shape index (κ2) is 7.22. The number of rotatable bonds is 5. The van der Waals surface area contributed by atoms with E-state index in [-0.39, 0.29) is 12.4 Å². The Labute approximate surface area is 164 Å². The topological polar surface area (TPSA) is 112 Å². The number of nitrogens with one attached hydrogen (secondary N) is 1. The molecule has 1 aromatic heterocycles. The Morgan fingerprint density at radius 1 is 1.34 bits per heavy atom. The molecule has 0 spiro atoms. The molecule has 29 heavy (non-hydrogen) atoms. The van der Waals surface area contributed by atoms with E-state index in [1.54, 1.807) is 35.9 Å². The van der Waals surface area contributed by atoms with E-state index >= 15 is 0 Å². The number of hydrogen-bond donors (Lipinski definition) is 2. The molecule has 3 N–H and O–H groups in total. The minimum absolute atomic E-state index is 0.102. The number of benzene rings is 1. The van der Waals surface area contributed by atoms with Gasteiger partial charge < -0.3 is 20.5 Å². The molecule has 9 nitrogen and oxygen atoms in total. The van der Waals surface area contributed by atoms with E-state index in [1.807, 2.05) is 0 Å². The summed E-state index contributed by atoms with van der Waals surface area (Å²) in [5.41, 5.74) is 7.22. The number of alkyl halides is 2. The Bertz CT molecular complexity index is 964. The van der Waals surface area contributed by atoms with Crippen LogP contribution in [0.4, 0.5) is 25.1 Å². The predicted octanol–water partition coefficient (Wildman–Crippen LogP) is 1.82. The monoisotopic (exact) mass is 407 g/mol. The van der Waals surface area contributed by atoms with Crippen LogP contribution in [0.1, 0.15) is 6.92 Å². The van der Waals surface area contributed by atoms with Crippen molar-refractivity contribution in [2.75, 3.05) is 23.4 Å². The highest BCUT2D eigenvalue weighted by Crippen LogP contribution is 2.37. The van der Waals surface area contributed by atoms with Gasteiger partial charge in [0.1, 0.15) is 31.0 Å². The minimum Gasteiger partial charge on any atom is -0.491 e. The molecule has 154 valence electrons. The zero-order chi connectivity index (χ0) is 20.7. The van der Waals surface area contributed by atoms with Crippen molar-refractivity contribution in [2.45, 2.75) is 32.0 Å². The van der Waals surface area contributed by atoms with Crippen molar-refractivity contribution in [3.05, 3.63) is 24.3 Å². The molecule has 0 unspecified atom stereocenters. The lowest BCUT2D eigenvalue weighted by molar-refractivity contribution is -0.118. The summed E-state index contributed by atoms with van der Waals surface area (Å²) in [6.45, 7) is 1.92. The maximum atomic E-state index is 13.3. The number of carbonyl (C=O) groups excluding carboxylic acids is 2. The summed E-state index contributed by atoms with van der Waals surface area (Å²) in [5.74, 6) is 0.145. The number of amides is 2. The number of aromatic nitrogens is 2. The fourth-order valence-electron chi connectivity index (χ4n) is 3.30. The fourth-order valence-corrected chi connectivity index (χ4v) is 3.30. The molecule has 0 bridgehead atoms. The first-order valence-electron chi connectivity index (χ1n) is 9.00. The van der Waals surface area contributed by atoms with E-state index in [9.17, 15) is 18.4 Å². The van der Waals surface area contributed by atoms with Gasteiger partial charge in [0.25, 0.3) is 6.43 Å². The first-order valence-corrected chi connectivity index (χ1v) is 9.00. The molecular formula is C18H19F2N5O4. The van der Waals surface area contributed by atoms with Gasteiger partial charge in [0.05, 0.1) is 12.2 Å². The SMILES string of the molecule is C[C@H](Nc1ccc2c(c1)OCCn1nc(N3C(=O)OC[C@H]3C(F)F)cc1-2)C(N)=O. The van der Waals surface area contributed by atoms with Gasteiger partial charge in [-0.3, -0.25) is 9.48 Å². The summed E-state index contributed by atoms with van der Waals surface area (Å²) >= 11 is 0. The van der Waals surface area contributed by atoms with Crippen molar-refractivity contribution >= 4 is 23.5 Å². The summed E-state index contributed by atoms with van der Waals surface area (Å²) in [6, 6.07) is 4.86. The van der Waals surface area contributed by atoms with Gasteiger partial charge in [-0.05, 0) is 19.1 Å². The highest BCUT2D eigenvalue weighted by Gasteiger charge is 2.42. The Balaban J connectivity index is 1.68. The predicted molar refractivity (Wildman–Crippen MR) is 99.1 cm³/mol. The molecule has 2 aliphatic rings. The Hall–Kier alpha value is -3.37. The van der Waals surface area contributed by atoms with Crippen LogP contribution in [0.3, 0.4) is 0 Å². The number of nitrogens with two attached hydrogens (primary N) is 1. The smallest absolute Gasteiger partial charge is 0.416 e. The molecule has 2 aliphatic heterocycles.